The molecule has 1 aromatic carbocycles. The zero-order chi connectivity index (χ0) is 20.8. The first-order valence-electron chi connectivity index (χ1n) is 10.4. The average Bonchev–Trinajstić information content (AvgIpc) is 2.98. The van der Waals surface area contributed by atoms with E-state index in [-0.39, 0.29) is 22.7 Å². The van der Waals surface area contributed by atoms with Gasteiger partial charge in [-0.05, 0) is 37.8 Å². The fraction of sp³-hybridized carbons (Fsp3) is 0.619. The Morgan fingerprint density at radius 3 is 2.45 bits per heavy atom. The largest absolute Gasteiger partial charge is 0.465 e. The van der Waals surface area contributed by atoms with Crippen LogP contribution < -0.4 is 0 Å². The van der Waals surface area contributed by atoms with Crippen LogP contribution in [0.5, 0.6) is 0 Å². The van der Waals surface area contributed by atoms with Crippen molar-refractivity contribution in [2.75, 3.05) is 39.8 Å². The highest BCUT2D eigenvalue weighted by Gasteiger charge is 2.25. The number of carbonyl (C=O) groups excluding carboxylic acids is 2. The third-order valence-corrected chi connectivity index (χ3v) is 5.91. The molecule has 2 fully saturated rings. The van der Waals surface area contributed by atoms with Gasteiger partial charge in [0.05, 0.1) is 17.6 Å². The van der Waals surface area contributed by atoms with E-state index < -0.39 is 10.9 Å². The first-order valence-corrected chi connectivity index (χ1v) is 10.4. The molecule has 0 atom stereocenters. The highest BCUT2D eigenvalue weighted by Crippen LogP contribution is 2.25. The van der Waals surface area contributed by atoms with Gasteiger partial charge in [-0.15, -0.1) is 0 Å². The second-order valence-electron chi connectivity index (χ2n) is 7.97. The molecule has 1 amide bonds. The molecule has 1 heterocycles. The van der Waals surface area contributed by atoms with Gasteiger partial charge in [-0.2, -0.15) is 0 Å². The van der Waals surface area contributed by atoms with E-state index in [0.29, 0.717) is 13.1 Å². The van der Waals surface area contributed by atoms with Gasteiger partial charge in [0, 0.05) is 43.9 Å². The molecule has 0 aromatic heterocycles. The molecule has 1 saturated heterocycles. The number of nitrogens with zero attached hydrogens (tertiary/aromatic N) is 3. The van der Waals surface area contributed by atoms with E-state index in [1.165, 1.54) is 51.3 Å². The summed E-state index contributed by atoms with van der Waals surface area (Å²) in [6.45, 7) is 4.05. The molecule has 0 bridgehead atoms. The van der Waals surface area contributed by atoms with Crippen LogP contribution in [0.4, 0.5) is 5.69 Å². The van der Waals surface area contributed by atoms with Crippen molar-refractivity contribution in [1.82, 2.24) is 9.80 Å². The minimum absolute atomic E-state index is 0.0128. The summed E-state index contributed by atoms with van der Waals surface area (Å²) in [6, 6.07) is 3.75. The Hall–Kier alpha value is -2.48. The Labute approximate surface area is 171 Å². The number of nitro benzene ring substituents is 1. The van der Waals surface area contributed by atoms with Crippen molar-refractivity contribution in [3.8, 4) is 0 Å². The average molecular weight is 403 g/mol. The molecule has 2 aliphatic rings. The van der Waals surface area contributed by atoms with Crippen LogP contribution in [-0.2, 0) is 4.74 Å². The van der Waals surface area contributed by atoms with Crippen molar-refractivity contribution in [3.63, 3.8) is 0 Å². The number of amides is 1. The molecule has 158 valence electrons. The summed E-state index contributed by atoms with van der Waals surface area (Å²) < 4.78 is 4.66. The van der Waals surface area contributed by atoms with Crippen molar-refractivity contribution in [2.24, 2.45) is 5.92 Å². The van der Waals surface area contributed by atoms with Gasteiger partial charge in [0.1, 0.15) is 0 Å². The highest BCUT2D eigenvalue weighted by atomic mass is 16.6. The number of carbonyl (C=O) groups is 2. The lowest BCUT2D eigenvalue weighted by Crippen LogP contribution is -2.37. The Kier molecular flexibility index (Phi) is 7.19. The SMILES string of the molecule is COC(=O)c1cc(C(=O)N2CCCN(CC3CCCCC3)CC2)cc([N+](=O)[O-])c1. The maximum absolute atomic E-state index is 13.0. The van der Waals surface area contributed by atoms with Crippen molar-refractivity contribution >= 4 is 17.6 Å². The third-order valence-electron chi connectivity index (χ3n) is 5.91. The molecule has 29 heavy (non-hydrogen) atoms. The molecule has 3 rings (SSSR count). The molecule has 1 aromatic rings. The van der Waals surface area contributed by atoms with Crippen LogP contribution in [0.1, 0.15) is 59.2 Å². The van der Waals surface area contributed by atoms with Crippen molar-refractivity contribution < 1.29 is 19.2 Å². The van der Waals surface area contributed by atoms with Gasteiger partial charge in [0.15, 0.2) is 0 Å². The number of ether oxygens (including phenoxy) is 1. The lowest BCUT2D eigenvalue weighted by atomic mass is 9.89. The number of hydrogen-bond acceptors (Lipinski definition) is 6. The summed E-state index contributed by atoms with van der Waals surface area (Å²) in [4.78, 5) is 39.7. The van der Waals surface area contributed by atoms with Crippen LogP contribution in [0.25, 0.3) is 0 Å². The number of rotatable bonds is 5. The first kappa shape index (κ1) is 21.2. The summed E-state index contributed by atoms with van der Waals surface area (Å²) in [7, 11) is 1.21. The van der Waals surface area contributed by atoms with Gasteiger partial charge in [-0.1, -0.05) is 19.3 Å². The van der Waals surface area contributed by atoms with Crippen molar-refractivity contribution in [1.29, 1.82) is 0 Å². The lowest BCUT2D eigenvalue weighted by molar-refractivity contribution is -0.384. The molecule has 1 saturated carbocycles. The van der Waals surface area contributed by atoms with Gasteiger partial charge in [-0.3, -0.25) is 14.9 Å². The smallest absolute Gasteiger partial charge is 0.338 e. The molecule has 8 nitrogen and oxygen atoms in total. The van der Waals surface area contributed by atoms with Crippen molar-refractivity contribution in [2.45, 2.75) is 38.5 Å². The molecule has 1 aliphatic heterocycles. The zero-order valence-electron chi connectivity index (χ0n) is 17.0. The summed E-state index contributed by atoms with van der Waals surface area (Å²) in [5.41, 5.74) is -0.121. The molecule has 0 spiro atoms. The van der Waals surface area contributed by atoms with Crippen molar-refractivity contribution in [3.05, 3.63) is 39.4 Å². The van der Waals surface area contributed by atoms with Crippen LogP contribution >= 0.6 is 0 Å². The predicted octanol–water partition coefficient (Wildman–Crippen LogP) is 3.11. The minimum Gasteiger partial charge on any atom is -0.465 e. The topological polar surface area (TPSA) is 93.0 Å². The van der Waals surface area contributed by atoms with Gasteiger partial charge in [-0.25, -0.2) is 4.79 Å². The summed E-state index contributed by atoms with van der Waals surface area (Å²) in [6.07, 6.45) is 7.44. The Balaban J connectivity index is 1.68. The molecule has 0 unspecified atom stereocenters. The van der Waals surface area contributed by atoms with Gasteiger partial charge >= 0.3 is 5.97 Å². The number of benzene rings is 1. The third kappa shape index (κ3) is 5.53. The Morgan fingerprint density at radius 2 is 1.76 bits per heavy atom. The predicted molar refractivity (Wildman–Crippen MR) is 108 cm³/mol. The van der Waals surface area contributed by atoms with Crippen LogP contribution in [-0.4, -0.2) is 66.4 Å². The second kappa shape index (κ2) is 9.82. The number of nitro groups is 1. The molecule has 1 aliphatic carbocycles. The fourth-order valence-corrected chi connectivity index (χ4v) is 4.35. The zero-order valence-corrected chi connectivity index (χ0v) is 17.0. The lowest BCUT2D eigenvalue weighted by Gasteiger charge is -2.28. The Morgan fingerprint density at radius 1 is 1.03 bits per heavy atom. The van der Waals surface area contributed by atoms with E-state index in [1.807, 2.05) is 0 Å². The van der Waals surface area contributed by atoms with E-state index in [2.05, 4.69) is 9.64 Å². The second-order valence-corrected chi connectivity index (χ2v) is 7.97. The van der Waals surface area contributed by atoms with E-state index in [0.717, 1.165) is 38.0 Å². The first-order chi connectivity index (χ1) is 14.0. The number of non-ortho nitro benzene ring substituents is 1. The van der Waals surface area contributed by atoms with Crippen LogP contribution in [0, 0.1) is 16.0 Å². The Bertz CT molecular complexity index is 761. The van der Waals surface area contributed by atoms with E-state index in [9.17, 15) is 19.7 Å². The fourth-order valence-electron chi connectivity index (χ4n) is 4.35. The molecular formula is C21H29N3O5. The minimum atomic E-state index is -0.697. The van der Waals surface area contributed by atoms with Gasteiger partial charge < -0.3 is 14.5 Å². The quantitative estimate of drug-likeness (QED) is 0.426. The number of hydrogen-bond donors (Lipinski definition) is 0. The molecule has 0 radical (unpaired) electrons. The highest BCUT2D eigenvalue weighted by molar-refractivity contribution is 5.99. The summed E-state index contributed by atoms with van der Waals surface area (Å²) >= 11 is 0. The molecule has 0 N–H and O–H groups in total. The van der Waals surface area contributed by atoms with E-state index in [4.69, 9.17) is 0 Å². The molecular weight excluding hydrogens is 374 g/mol. The van der Waals surface area contributed by atoms with Gasteiger partial charge in [0.25, 0.3) is 11.6 Å². The standard InChI is InChI=1S/C21H29N3O5/c1-29-21(26)18-12-17(13-19(14-18)24(27)28)20(25)23-9-5-8-22(10-11-23)15-16-6-3-2-4-7-16/h12-14,16H,2-11,15H2,1H3. The van der Waals surface area contributed by atoms with Crippen LogP contribution in [0.2, 0.25) is 0 Å². The summed E-state index contributed by atoms with van der Waals surface area (Å²) in [5.74, 6) is -0.221. The monoisotopic (exact) mass is 403 g/mol. The van der Waals surface area contributed by atoms with Crippen LogP contribution in [0.3, 0.4) is 0 Å². The maximum atomic E-state index is 13.0. The number of methoxy groups -OCH3 is 1. The van der Waals surface area contributed by atoms with Crippen LogP contribution in [0.15, 0.2) is 18.2 Å². The molecule has 8 heteroatoms. The summed E-state index contributed by atoms with van der Waals surface area (Å²) in [5, 5.41) is 11.2. The number of esters is 1. The van der Waals surface area contributed by atoms with Gasteiger partial charge in [0.2, 0.25) is 0 Å². The van der Waals surface area contributed by atoms with E-state index in [1.54, 1.807) is 4.90 Å². The normalized spacial score (nSPS) is 18.9. The maximum Gasteiger partial charge on any atom is 0.338 e. The van der Waals surface area contributed by atoms with E-state index >= 15 is 0 Å².